The van der Waals surface area contributed by atoms with Gasteiger partial charge in [0.2, 0.25) is 0 Å². The van der Waals surface area contributed by atoms with Crippen LogP contribution in [0.15, 0.2) is 22.7 Å². The zero-order valence-corrected chi connectivity index (χ0v) is 13.4. The van der Waals surface area contributed by atoms with Gasteiger partial charge in [-0.2, -0.15) is 0 Å². The van der Waals surface area contributed by atoms with Crippen LogP contribution in [0.3, 0.4) is 0 Å². The Balaban J connectivity index is 1.74. The maximum Gasteiger partial charge on any atom is 0.0237 e. The number of halogens is 1. The van der Waals surface area contributed by atoms with Gasteiger partial charge in [-0.1, -0.05) is 35.0 Å². The Bertz CT molecular complexity index is 460. The third kappa shape index (κ3) is 2.61. The quantitative estimate of drug-likeness (QED) is 0.919. The van der Waals surface area contributed by atoms with Crippen LogP contribution < -0.4 is 5.32 Å². The summed E-state index contributed by atoms with van der Waals surface area (Å²) in [6, 6.07) is 7.53. The fourth-order valence-electron chi connectivity index (χ4n) is 3.89. The van der Waals surface area contributed by atoms with Crippen molar-refractivity contribution in [2.24, 2.45) is 11.8 Å². The third-order valence-electron chi connectivity index (χ3n) is 4.85. The number of rotatable bonds is 3. The van der Waals surface area contributed by atoms with Gasteiger partial charge in [0, 0.05) is 23.6 Å². The first-order chi connectivity index (χ1) is 9.19. The molecule has 0 radical (unpaired) electrons. The van der Waals surface area contributed by atoms with Crippen LogP contribution >= 0.6 is 15.9 Å². The van der Waals surface area contributed by atoms with Crippen molar-refractivity contribution in [1.29, 1.82) is 0 Å². The van der Waals surface area contributed by atoms with Crippen molar-refractivity contribution in [1.82, 2.24) is 10.2 Å². The van der Waals surface area contributed by atoms with Crippen LogP contribution in [0, 0.1) is 18.8 Å². The number of nitrogens with one attached hydrogen (secondary N) is 1. The van der Waals surface area contributed by atoms with Crippen molar-refractivity contribution in [3.05, 3.63) is 33.8 Å². The first kappa shape index (κ1) is 13.6. The summed E-state index contributed by atoms with van der Waals surface area (Å²) in [6.07, 6.45) is 1.28. The zero-order chi connectivity index (χ0) is 13.4. The molecule has 19 heavy (non-hydrogen) atoms. The van der Waals surface area contributed by atoms with Crippen molar-refractivity contribution in [3.8, 4) is 0 Å². The number of fused-ring (bicyclic) bond motifs is 1. The molecule has 2 nitrogen and oxygen atoms in total. The fourth-order valence-corrected chi connectivity index (χ4v) is 4.14. The van der Waals surface area contributed by atoms with Crippen molar-refractivity contribution in [2.75, 3.05) is 19.6 Å². The number of aryl methyl sites for hydroxylation is 1. The third-order valence-corrected chi connectivity index (χ3v) is 5.74. The van der Waals surface area contributed by atoms with Crippen LogP contribution in [0.25, 0.3) is 0 Å². The van der Waals surface area contributed by atoms with E-state index in [1.165, 1.54) is 41.7 Å². The summed E-state index contributed by atoms with van der Waals surface area (Å²) in [7, 11) is 0. The van der Waals surface area contributed by atoms with Crippen LogP contribution in [-0.2, 0) is 6.54 Å². The monoisotopic (exact) mass is 322 g/mol. The normalized spacial score (nSPS) is 30.8. The van der Waals surface area contributed by atoms with Crippen LogP contribution in [-0.4, -0.2) is 30.6 Å². The molecule has 0 aliphatic carbocycles. The summed E-state index contributed by atoms with van der Waals surface area (Å²) in [6.45, 7) is 9.33. The molecule has 0 bridgehead atoms. The van der Waals surface area contributed by atoms with E-state index in [4.69, 9.17) is 0 Å². The summed E-state index contributed by atoms with van der Waals surface area (Å²) in [5, 5.41) is 3.56. The second kappa shape index (κ2) is 5.55. The smallest absolute Gasteiger partial charge is 0.0237 e. The van der Waals surface area contributed by atoms with Gasteiger partial charge in [0.05, 0.1) is 0 Å². The maximum absolute atomic E-state index is 3.59. The number of benzene rings is 1. The topological polar surface area (TPSA) is 15.3 Å². The predicted octanol–water partition coefficient (Wildman–Crippen LogP) is 3.19. The summed E-state index contributed by atoms with van der Waals surface area (Å²) in [5.74, 6) is 1.75. The highest BCUT2D eigenvalue weighted by molar-refractivity contribution is 9.10. The van der Waals surface area contributed by atoms with E-state index in [2.05, 4.69) is 58.2 Å². The molecule has 3 unspecified atom stereocenters. The molecule has 104 valence electrons. The van der Waals surface area contributed by atoms with Crippen LogP contribution in [0.2, 0.25) is 0 Å². The molecule has 3 atom stereocenters. The molecule has 0 saturated carbocycles. The van der Waals surface area contributed by atoms with Crippen molar-refractivity contribution < 1.29 is 0 Å². The van der Waals surface area contributed by atoms with E-state index < -0.39 is 0 Å². The van der Waals surface area contributed by atoms with Gasteiger partial charge in [0.1, 0.15) is 0 Å². The molecular formula is C16H23BrN2. The predicted molar refractivity (Wildman–Crippen MR) is 83.2 cm³/mol. The van der Waals surface area contributed by atoms with Gasteiger partial charge >= 0.3 is 0 Å². The second-order valence-corrected chi connectivity index (χ2v) is 6.93. The lowest BCUT2D eigenvalue weighted by molar-refractivity contribution is 0.210. The minimum atomic E-state index is 0.768. The van der Waals surface area contributed by atoms with Gasteiger partial charge < -0.3 is 5.32 Å². The van der Waals surface area contributed by atoms with Gasteiger partial charge in [0.15, 0.2) is 0 Å². The molecule has 0 aromatic heterocycles. The minimum Gasteiger partial charge on any atom is -0.316 e. The lowest BCUT2D eigenvalue weighted by atomic mass is 9.93. The molecule has 2 heterocycles. The largest absolute Gasteiger partial charge is 0.316 e. The first-order valence-corrected chi connectivity index (χ1v) is 8.18. The summed E-state index contributed by atoms with van der Waals surface area (Å²) < 4.78 is 1.21. The Kier molecular flexibility index (Phi) is 3.97. The summed E-state index contributed by atoms with van der Waals surface area (Å²) >= 11 is 3.59. The molecule has 3 rings (SSSR count). The number of likely N-dealkylation sites (tertiary alicyclic amines) is 1. The van der Waals surface area contributed by atoms with E-state index in [9.17, 15) is 0 Å². The van der Waals surface area contributed by atoms with E-state index in [0.29, 0.717) is 0 Å². The van der Waals surface area contributed by atoms with E-state index >= 15 is 0 Å². The van der Waals surface area contributed by atoms with Crippen molar-refractivity contribution >= 4 is 15.9 Å². The fraction of sp³-hybridized carbons (Fsp3) is 0.625. The zero-order valence-electron chi connectivity index (χ0n) is 11.8. The van der Waals surface area contributed by atoms with Crippen molar-refractivity contribution in [2.45, 2.75) is 32.9 Å². The molecule has 0 amide bonds. The molecule has 2 fully saturated rings. The van der Waals surface area contributed by atoms with Crippen molar-refractivity contribution in [3.63, 3.8) is 0 Å². The number of hydrogen-bond acceptors (Lipinski definition) is 2. The Labute approximate surface area is 124 Å². The molecule has 2 saturated heterocycles. The highest BCUT2D eigenvalue weighted by Gasteiger charge is 2.42. The lowest BCUT2D eigenvalue weighted by Crippen LogP contribution is -2.34. The standard InChI is InChI=1S/C16H23BrN2/c1-3-16-14-8-18-7-13(14)10-19(16)9-12-4-5-15(17)11(2)6-12/h4-6,13-14,16,18H,3,7-10H2,1-2H3. The summed E-state index contributed by atoms with van der Waals surface area (Å²) in [5.41, 5.74) is 2.79. The number of nitrogens with zero attached hydrogens (tertiary/aromatic N) is 1. The molecule has 1 aromatic rings. The van der Waals surface area contributed by atoms with Gasteiger partial charge in [-0.3, -0.25) is 4.90 Å². The van der Waals surface area contributed by atoms with Crippen LogP contribution in [0.5, 0.6) is 0 Å². The first-order valence-electron chi connectivity index (χ1n) is 7.39. The lowest BCUT2D eigenvalue weighted by Gasteiger charge is -2.27. The highest BCUT2D eigenvalue weighted by atomic mass is 79.9. The van der Waals surface area contributed by atoms with E-state index in [0.717, 1.165) is 24.4 Å². The van der Waals surface area contributed by atoms with Crippen LogP contribution in [0.1, 0.15) is 24.5 Å². The minimum absolute atomic E-state index is 0.768. The molecule has 1 aromatic carbocycles. The SMILES string of the molecule is CCC1C2CNCC2CN1Cc1ccc(Br)c(C)c1. The average Bonchev–Trinajstić information content (AvgIpc) is 2.94. The Morgan fingerprint density at radius 3 is 2.95 bits per heavy atom. The molecular weight excluding hydrogens is 300 g/mol. The van der Waals surface area contributed by atoms with E-state index in [1.807, 2.05) is 0 Å². The van der Waals surface area contributed by atoms with E-state index in [1.54, 1.807) is 0 Å². The van der Waals surface area contributed by atoms with Gasteiger partial charge in [-0.05, 0) is 55.5 Å². The summed E-state index contributed by atoms with van der Waals surface area (Å²) in [4.78, 5) is 2.71. The van der Waals surface area contributed by atoms with Gasteiger partial charge in [-0.15, -0.1) is 0 Å². The Morgan fingerprint density at radius 1 is 1.37 bits per heavy atom. The molecule has 1 N–H and O–H groups in total. The highest BCUT2D eigenvalue weighted by Crippen LogP contribution is 2.35. The molecule has 2 aliphatic heterocycles. The average molecular weight is 323 g/mol. The van der Waals surface area contributed by atoms with E-state index in [-0.39, 0.29) is 0 Å². The van der Waals surface area contributed by atoms with Gasteiger partial charge in [0.25, 0.3) is 0 Å². The van der Waals surface area contributed by atoms with Crippen LogP contribution in [0.4, 0.5) is 0 Å². The Morgan fingerprint density at radius 2 is 2.21 bits per heavy atom. The molecule has 2 aliphatic rings. The Hall–Kier alpha value is -0.380. The second-order valence-electron chi connectivity index (χ2n) is 6.07. The number of hydrogen-bond donors (Lipinski definition) is 1. The molecule has 3 heteroatoms. The maximum atomic E-state index is 3.59. The van der Waals surface area contributed by atoms with Gasteiger partial charge in [-0.25, -0.2) is 0 Å². The molecule has 0 spiro atoms.